The molecule has 2 fully saturated rings. The molecule has 8 heteroatoms. The Morgan fingerprint density at radius 1 is 1.11 bits per heavy atom. The van der Waals surface area contributed by atoms with Crippen molar-refractivity contribution in [1.29, 1.82) is 5.26 Å². The minimum Gasteiger partial charge on any atom is -0.376 e. The average molecular weight is 486 g/mol. The zero-order chi connectivity index (χ0) is 25.3. The Kier molecular flexibility index (Phi) is 6.23. The van der Waals surface area contributed by atoms with Crippen LogP contribution in [-0.4, -0.2) is 36.9 Å². The number of carbonyl (C=O) groups excluding carboxylic acids is 2. The highest BCUT2D eigenvalue weighted by Gasteiger charge is 2.47. The third-order valence-corrected chi connectivity index (χ3v) is 6.91. The third kappa shape index (κ3) is 4.69. The zero-order valence-electron chi connectivity index (χ0n) is 20.2. The quantitative estimate of drug-likeness (QED) is 0.406. The van der Waals surface area contributed by atoms with Crippen LogP contribution in [-0.2, 0) is 21.7 Å². The van der Waals surface area contributed by atoms with Crippen LogP contribution in [0.25, 0.3) is 18.0 Å². The van der Waals surface area contributed by atoms with Crippen molar-refractivity contribution < 1.29 is 14.0 Å². The average Bonchev–Trinajstić information content (AvgIpc) is 3.81. The predicted molar refractivity (Wildman–Crippen MR) is 134 cm³/mol. The molecule has 3 N–H and O–H groups in total. The van der Waals surface area contributed by atoms with Crippen LogP contribution in [0.1, 0.15) is 42.4 Å². The molecule has 5 rings (SSSR count). The summed E-state index contributed by atoms with van der Waals surface area (Å²) in [6.45, 7) is 0.694. The van der Waals surface area contributed by atoms with Gasteiger partial charge in [0, 0.05) is 48.4 Å². The molecule has 0 spiro atoms. The summed E-state index contributed by atoms with van der Waals surface area (Å²) < 4.78 is 15.7. The highest BCUT2D eigenvalue weighted by atomic mass is 19.1. The second-order valence-corrected chi connectivity index (χ2v) is 9.57. The Morgan fingerprint density at radius 3 is 2.58 bits per heavy atom. The van der Waals surface area contributed by atoms with E-state index in [0.717, 1.165) is 54.3 Å². The van der Waals surface area contributed by atoms with Crippen molar-refractivity contribution in [1.82, 2.24) is 20.9 Å². The molecule has 0 atom stereocenters. The number of carbonyl (C=O) groups is 2. The standard InChI is InChI=1S/C28H28FN5O2/c1-34-15-10-18-8-9-23(24(29)22(18)17-34)28(11-12-28)33-25(19-6-7-19)21-5-3-2-4-20(21)16-32-27(36)26(35)31-14-13-30/h2-5,8-10,17,33H,6-7,11-12,14-16H2,1H3,(H,31,35)(H,32,36). The minimum absolute atomic E-state index is 0.158. The maximum absolute atomic E-state index is 15.7. The van der Waals surface area contributed by atoms with Gasteiger partial charge in [0.05, 0.1) is 11.6 Å². The Bertz CT molecular complexity index is 1430. The zero-order valence-corrected chi connectivity index (χ0v) is 20.2. The van der Waals surface area contributed by atoms with Crippen LogP contribution in [0.15, 0.2) is 42.0 Å². The van der Waals surface area contributed by atoms with E-state index in [1.807, 2.05) is 60.6 Å². The summed E-state index contributed by atoms with van der Waals surface area (Å²) in [6.07, 6.45) is 7.51. The summed E-state index contributed by atoms with van der Waals surface area (Å²) in [5.74, 6) is -1.81. The summed E-state index contributed by atoms with van der Waals surface area (Å²) in [5, 5.41) is 18.7. The molecular formula is C28H28FN5O2. The molecule has 0 bridgehead atoms. The number of allylic oxidation sites excluding steroid dienone is 1. The molecule has 0 saturated heterocycles. The first-order valence-electron chi connectivity index (χ1n) is 12.1. The third-order valence-electron chi connectivity index (χ3n) is 6.91. The predicted octanol–water partition coefficient (Wildman–Crippen LogP) is 1.33. The van der Waals surface area contributed by atoms with Crippen LogP contribution < -0.4 is 26.4 Å². The number of amides is 2. The SMILES string of the molecule is CN1C=c2c(F)c(C3(NC(=C4CC4)c4ccccc4CNC(=O)C(=O)NCC#N)CC3)ccc2=CC1. The van der Waals surface area contributed by atoms with Gasteiger partial charge in [0.2, 0.25) is 0 Å². The lowest BCUT2D eigenvalue weighted by Crippen LogP contribution is -2.40. The van der Waals surface area contributed by atoms with Gasteiger partial charge in [-0.2, -0.15) is 5.26 Å². The van der Waals surface area contributed by atoms with Crippen LogP contribution in [0.3, 0.4) is 0 Å². The van der Waals surface area contributed by atoms with Crippen molar-refractivity contribution in [3.05, 3.63) is 74.9 Å². The normalized spacial score (nSPS) is 16.5. The Labute approximate surface area is 209 Å². The number of nitrogens with one attached hydrogen (secondary N) is 3. The second kappa shape index (κ2) is 9.50. The topological polar surface area (TPSA) is 97.3 Å². The van der Waals surface area contributed by atoms with Gasteiger partial charge in [-0.05, 0) is 42.0 Å². The van der Waals surface area contributed by atoms with Gasteiger partial charge in [-0.15, -0.1) is 0 Å². The molecule has 0 radical (unpaired) electrons. The van der Waals surface area contributed by atoms with Crippen molar-refractivity contribution in [3.63, 3.8) is 0 Å². The number of benzene rings is 2. The van der Waals surface area contributed by atoms with E-state index in [1.54, 1.807) is 6.07 Å². The maximum atomic E-state index is 15.7. The molecule has 7 nitrogen and oxygen atoms in total. The molecule has 184 valence electrons. The van der Waals surface area contributed by atoms with Crippen molar-refractivity contribution in [2.24, 2.45) is 0 Å². The molecule has 2 aliphatic carbocycles. The molecule has 0 aromatic heterocycles. The molecule has 0 unspecified atom stereocenters. The first kappa shape index (κ1) is 23.6. The molecule has 3 aliphatic rings. The monoisotopic (exact) mass is 485 g/mol. The summed E-state index contributed by atoms with van der Waals surface area (Å²) in [4.78, 5) is 25.9. The molecule has 2 aromatic rings. The molecule has 1 aliphatic heterocycles. The lowest BCUT2D eigenvalue weighted by atomic mass is 9.98. The maximum Gasteiger partial charge on any atom is 0.310 e. The first-order valence-corrected chi connectivity index (χ1v) is 12.1. The number of fused-ring (bicyclic) bond motifs is 1. The van der Waals surface area contributed by atoms with E-state index in [2.05, 4.69) is 16.0 Å². The van der Waals surface area contributed by atoms with E-state index < -0.39 is 17.4 Å². The van der Waals surface area contributed by atoms with Gasteiger partial charge in [0.15, 0.2) is 0 Å². The van der Waals surface area contributed by atoms with Gasteiger partial charge in [-0.1, -0.05) is 42.5 Å². The van der Waals surface area contributed by atoms with Gasteiger partial charge in [-0.25, -0.2) is 4.39 Å². The molecule has 2 amide bonds. The van der Waals surface area contributed by atoms with Gasteiger partial charge >= 0.3 is 11.8 Å². The van der Waals surface area contributed by atoms with E-state index in [1.165, 1.54) is 5.57 Å². The first-order chi connectivity index (χ1) is 17.4. The molecule has 1 heterocycles. The summed E-state index contributed by atoms with van der Waals surface area (Å²) in [7, 11) is 1.94. The number of nitriles is 1. The van der Waals surface area contributed by atoms with Gasteiger partial charge < -0.3 is 20.9 Å². The number of hydrogen-bond donors (Lipinski definition) is 3. The molecule has 36 heavy (non-hydrogen) atoms. The smallest absolute Gasteiger partial charge is 0.310 e. The van der Waals surface area contributed by atoms with E-state index in [0.29, 0.717) is 10.8 Å². The van der Waals surface area contributed by atoms with Gasteiger partial charge in [0.1, 0.15) is 12.4 Å². The van der Waals surface area contributed by atoms with Crippen LogP contribution >= 0.6 is 0 Å². The Balaban J connectivity index is 1.41. The molecular weight excluding hydrogens is 457 g/mol. The lowest BCUT2D eigenvalue weighted by Gasteiger charge is -2.25. The lowest BCUT2D eigenvalue weighted by molar-refractivity contribution is -0.139. The van der Waals surface area contributed by atoms with Crippen molar-refractivity contribution in [2.45, 2.75) is 37.8 Å². The van der Waals surface area contributed by atoms with Crippen molar-refractivity contribution in [3.8, 4) is 6.07 Å². The van der Waals surface area contributed by atoms with Crippen LogP contribution in [0.4, 0.5) is 4.39 Å². The summed E-state index contributed by atoms with van der Waals surface area (Å²) in [5.41, 5.74) is 4.25. The summed E-state index contributed by atoms with van der Waals surface area (Å²) in [6, 6.07) is 13.4. The highest BCUT2D eigenvalue weighted by Crippen LogP contribution is 2.49. The van der Waals surface area contributed by atoms with Crippen LogP contribution in [0, 0.1) is 17.1 Å². The molecule has 2 saturated carbocycles. The van der Waals surface area contributed by atoms with E-state index >= 15 is 4.39 Å². The fourth-order valence-corrected chi connectivity index (χ4v) is 4.66. The number of hydrogen-bond acceptors (Lipinski definition) is 5. The molecule has 2 aromatic carbocycles. The van der Waals surface area contributed by atoms with Crippen LogP contribution in [0.2, 0.25) is 0 Å². The largest absolute Gasteiger partial charge is 0.376 e. The van der Waals surface area contributed by atoms with Crippen molar-refractivity contribution in [2.75, 3.05) is 20.1 Å². The van der Waals surface area contributed by atoms with E-state index in [-0.39, 0.29) is 18.9 Å². The van der Waals surface area contributed by atoms with E-state index in [9.17, 15) is 9.59 Å². The Morgan fingerprint density at radius 2 is 1.86 bits per heavy atom. The highest BCUT2D eigenvalue weighted by molar-refractivity contribution is 6.35. The number of nitrogens with zero attached hydrogens (tertiary/aromatic N) is 2. The van der Waals surface area contributed by atoms with Gasteiger partial charge in [-0.3, -0.25) is 9.59 Å². The second-order valence-electron chi connectivity index (χ2n) is 9.57. The fourth-order valence-electron chi connectivity index (χ4n) is 4.66. The van der Waals surface area contributed by atoms with Gasteiger partial charge in [0.25, 0.3) is 0 Å². The van der Waals surface area contributed by atoms with E-state index in [4.69, 9.17) is 5.26 Å². The number of rotatable bonds is 7. The summed E-state index contributed by atoms with van der Waals surface area (Å²) >= 11 is 0. The Hall–Kier alpha value is -4.12. The van der Waals surface area contributed by atoms with Crippen LogP contribution in [0.5, 0.6) is 0 Å². The number of halogens is 1. The minimum atomic E-state index is -0.840. The van der Waals surface area contributed by atoms with Crippen molar-refractivity contribution >= 4 is 29.8 Å². The fraction of sp³-hybridized carbons (Fsp3) is 0.321.